The van der Waals surface area contributed by atoms with E-state index in [4.69, 9.17) is 5.73 Å². The Morgan fingerprint density at radius 1 is 1.17 bits per heavy atom. The molecule has 0 radical (unpaired) electrons. The van der Waals surface area contributed by atoms with E-state index in [0.717, 1.165) is 37.3 Å². The number of likely N-dealkylation sites (N-methyl/N-ethyl adjacent to an activating group) is 1. The highest BCUT2D eigenvalue weighted by Gasteiger charge is 2.21. The van der Waals surface area contributed by atoms with Crippen LogP contribution in [0.2, 0.25) is 0 Å². The van der Waals surface area contributed by atoms with Crippen LogP contribution in [-0.4, -0.2) is 38.1 Å². The zero-order valence-corrected chi connectivity index (χ0v) is 16.0. The van der Waals surface area contributed by atoms with E-state index in [1.807, 2.05) is 13.0 Å². The van der Waals surface area contributed by atoms with Gasteiger partial charge < -0.3 is 15.5 Å². The Morgan fingerprint density at radius 3 is 2.33 bits per heavy atom. The summed E-state index contributed by atoms with van der Waals surface area (Å²) in [5.74, 6) is 0.554. The molecular weight excluding hydrogens is 348 g/mol. The number of benzene rings is 1. The Bertz CT molecular complexity index is 566. The maximum atomic E-state index is 14.5. The van der Waals surface area contributed by atoms with Gasteiger partial charge in [0.25, 0.3) is 0 Å². The van der Waals surface area contributed by atoms with Crippen LogP contribution in [0.15, 0.2) is 18.2 Å². The lowest BCUT2D eigenvalue weighted by atomic mass is 9.99. The Hall–Kier alpha value is -0.810. The molecular formula is C18H28Cl2FN3. The number of nitrogens with two attached hydrogens (primary N) is 1. The predicted molar refractivity (Wildman–Crippen MR) is 105 cm³/mol. The summed E-state index contributed by atoms with van der Waals surface area (Å²) >= 11 is 0. The molecule has 1 atom stereocenters. The van der Waals surface area contributed by atoms with Gasteiger partial charge in [0, 0.05) is 32.2 Å². The topological polar surface area (TPSA) is 32.5 Å². The van der Waals surface area contributed by atoms with Crippen LogP contribution in [0.5, 0.6) is 0 Å². The van der Waals surface area contributed by atoms with Crippen LogP contribution in [0.1, 0.15) is 36.9 Å². The quantitative estimate of drug-likeness (QED) is 0.866. The third kappa shape index (κ3) is 5.09. The minimum absolute atomic E-state index is 0. The molecule has 24 heavy (non-hydrogen) atoms. The van der Waals surface area contributed by atoms with Crippen molar-refractivity contribution < 1.29 is 4.39 Å². The molecule has 1 saturated carbocycles. The standard InChI is InChI=1S/C18H26FN3.2ClH/c1-13(20)16-12-17(19)18(22-9-7-21(2)8-10-22)11-15(16)6-5-14-3-4-14;;/h5-6,11-14H,3-4,7-10,20H2,1-2H3;2*1H/b6-5+;;/t13-;;/m0../s1. The summed E-state index contributed by atoms with van der Waals surface area (Å²) in [6, 6.07) is 3.46. The minimum Gasteiger partial charge on any atom is -0.367 e. The van der Waals surface area contributed by atoms with Crippen LogP contribution in [0.3, 0.4) is 0 Å². The van der Waals surface area contributed by atoms with E-state index in [0.29, 0.717) is 11.6 Å². The highest BCUT2D eigenvalue weighted by Crippen LogP contribution is 2.33. The van der Waals surface area contributed by atoms with E-state index in [-0.39, 0.29) is 36.7 Å². The first kappa shape index (κ1) is 21.2. The summed E-state index contributed by atoms with van der Waals surface area (Å²) in [4.78, 5) is 4.42. The molecule has 0 bridgehead atoms. The average Bonchev–Trinajstić information content (AvgIpc) is 3.31. The lowest BCUT2D eigenvalue weighted by Gasteiger charge is -2.34. The Morgan fingerprint density at radius 2 is 1.79 bits per heavy atom. The van der Waals surface area contributed by atoms with Crippen LogP contribution in [0.25, 0.3) is 6.08 Å². The maximum Gasteiger partial charge on any atom is 0.146 e. The molecule has 3 nitrogen and oxygen atoms in total. The molecule has 2 N–H and O–H groups in total. The molecule has 3 rings (SSSR count). The van der Waals surface area contributed by atoms with Crippen LogP contribution in [-0.2, 0) is 0 Å². The highest BCUT2D eigenvalue weighted by molar-refractivity contribution is 5.85. The molecule has 1 aliphatic carbocycles. The summed E-state index contributed by atoms with van der Waals surface area (Å²) in [5, 5.41) is 0. The third-order valence-electron chi connectivity index (χ3n) is 4.66. The number of allylic oxidation sites excluding steroid dienone is 1. The van der Waals surface area contributed by atoms with Gasteiger partial charge in [0.05, 0.1) is 5.69 Å². The van der Waals surface area contributed by atoms with Gasteiger partial charge in [0.15, 0.2) is 0 Å². The summed E-state index contributed by atoms with van der Waals surface area (Å²) in [6.07, 6.45) is 6.93. The Balaban J connectivity index is 0.00000144. The minimum atomic E-state index is -0.158. The second-order valence-corrected chi connectivity index (χ2v) is 6.71. The van der Waals surface area contributed by atoms with Gasteiger partial charge in [-0.15, -0.1) is 24.8 Å². The van der Waals surface area contributed by atoms with E-state index >= 15 is 0 Å². The van der Waals surface area contributed by atoms with Crippen molar-refractivity contribution in [3.8, 4) is 0 Å². The predicted octanol–water partition coefficient (Wildman–Crippen LogP) is 3.86. The van der Waals surface area contributed by atoms with Gasteiger partial charge in [-0.2, -0.15) is 0 Å². The third-order valence-corrected chi connectivity index (χ3v) is 4.66. The smallest absolute Gasteiger partial charge is 0.146 e. The molecule has 1 aliphatic heterocycles. The van der Waals surface area contributed by atoms with E-state index < -0.39 is 0 Å². The van der Waals surface area contributed by atoms with Gasteiger partial charge >= 0.3 is 0 Å². The average molecular weight is 376 g/mol. The van der Waals surface area contributed by atoms with Gasteiger partial charge in [-0.1, -0.05) is 12.2 Å². The van der Waals surface area contributed by atoms with Crippen molar-refractivity contribution in [3.63, 3.8) is 0 Å². The first-order chi connectivity index (χ1) is 10.5. The first-order valence-corrected chi connectivity index (χ1v) is 8.25. The van der Waals surface area contributed by atoms with Crippen molar-refractivity contribution in [3.05, 3.63) is 35.2 Å². The monoisotopic (exact) mass is 375 g/mol. The number of anilines is 1. The van der Waals surface area contributed by atoms with E-state index in [9.17, 15) is 4.39 Å². The van der Waals surface area contributed by atoms with E-state index in [1.165, 1.54) is 12.8 Å². The summed E-state index contributed by atoms with van der Waals surface area (Å²) in [7, 11) is 2.11. The molecule has 2 aliphatic rings. The number of hydrogen-bond acceptors (Lipinski definition) is 3. The van der Waals surface area contributed by atoms with Crippen molar-refractivity contribution in [2.75, 3.05) is 38.1 Å². The van der Waals surface area contributed by atoms with E-state index in [2.05, 4.69) is 29.0 Å². The van der Waals surface area contributed by atoms with Crippen LogP contribution >= 0.6 is 24.8 Å². The highest BCUT2D eigenvalue weighted by atomic mass is 35.5. The number of halogens is 3. The van der Waals surface area contributed by atoms with Gasteiger partial charge in [0.2, 0.25) is 0 Å². The molecule has 1 heterocycles. The summed E-state index contributed by atoms with van der Waals surface area (Å²) in [5.41, 5.74) is 8.71. The van der Waals surface area contributed by atoms with Crippen LogP contribution in [0, 0.1) is 11.7 Å². The number of rotatable bonds is 4. The van der Waals surface area contributed by atoms with Gasteiger partial charge in [-0.3, -0.25) is 0 Å². The molecule has 136 valence electrons. The van der Waals surface area contributed by atoms with Crippen molar-refractivity contribution in [1.82, 2.24) is 4.90 Å². The number of nitrogens with zero attached hydrogens (tertiary/aromatic N) is 2. The molecule has 6 heteroatoms. The fraction of sp³-hybridized carbons (Fsp3) is 0.556. The molecule has 1 saturated heterocycles. The van der Waals surface area contributed by atoms with Crippen molar-refractivity contribution >= 4 is 36.6 Å². The van der Waals surface area contributed by atoms with E-state index in [1.54, 1.807) is 6.07 Å². The fourth-order valence-corrected chi connectivity index (χ4v) is 2.95. The molecule has 1 aromatic carbocycles. The zero-order valence-electron chi connectivity index (χ0n) is 14.4. The lowest BCUT2D eigenvalue weighted by Crippen LogP contribution is -2.44. The second kappa shape index (κ2) is 9.04. The Labute approximate surface area is 156 Å². The van der Waals surface area contributed by atoms with Crippen molar-refractivity contribution in [2.45, 2.75) is 25.8 Å². The summed E-state index contributed by atoms with van der Waals surface area (Å²) in [6.45, 7) is 5.61. The lowest BCUT2D eigenvalue weighted by molar-refractivity contribution is 0.311. The summed E-state index contributed by atoms with van der Waals surface area (Å²) < 4.78 is 14.5. The molecule has 0 amide bonds. The zero-order chi connectivity index (χ0) is 15.7. The van der Waals surface area contributed by atoms with Gasteiger partial charge in [0.1, 0.15) is 5.82 Å². The van der Waals surface area contributed by atoms with Crippen LogP contribution in [0.4, 0.5) is 10.1 Å². The van der Waals surface area contributed by atoms with Crippen molar-refractivity contribution in [2.24, 2.45) is 11.7 Å². The second-order valence-electron chi connectivity index (χ2n) is 6.71. The van der Waals surface area contributed by atoms with Gasteiger partial charge in [-0.25, -0.2) is 4.39 Å². The first-order valence-electron chi connectivity index (χ1n) is 8.25. The van der Waals surface area contributed by atoms with Crippen molar-refractivity contribution in [1.29, 1.82) is 0 Å². The molecule has 0 spiro atoms. The normalized spacial score (nSPS) is 19.8. The Kier molecular flexibility index (Phi) is 8.00. The molecule has 1 aromatic rings. The fourth-order valence-electron chi connectivity index (χ4n) is 2.95. The SMILES string of the molecule is C[C@H](N)c1cc(F)c(N2CCN(C)CC2)cc1/C=C/C1CC1.Cl.Cl. The number of hydrogen-bond donors (Lipinski definition) is 1. The maximum absolute atomic E-state index is 14.5. The molecule has 2 fully saturated rings. The van der Waals surface area contributed by atoms with Crippen LogP contribution < -0.4 is 10.6 Å². The van der Waals surface area contributed by atoms with Gasteiger partial charge in [-0.05, 0) is 56.0 Å². The number of piperazine rings is 1. The largest absolute Gasteiger partial charge is 0.367 e. The molecule has 0 unspecified atom stereocenters. The molecule has 0 aromatic heterocycles.